The van der Waals surface area contributed by atoms with Crippen molar-refractivity contribution in [3.05, 3.63) is 59.8 Å². The standard InChI is InChI=1S/C23H30N4O/c28-23(27-14-4-5-15-27)20-10-12-24-22(17-20)25-21-9-6-13-26(18-21)16-11-19-7-2-1-3-8-19/h1-3,7-8,10,12,17,21H,4-6,9,11,13-16,18H2,(H,24,25)/t21-/m1/s1. The van der Waals surface area contributed by atoms with Gasteiger partial charge in [0.15, 0.2) is 0 Å². The van der Waals surface area contributed by atoms with Gasteiger partial charge in [-0.1, -0.05) is 30.3 Å². The van der Waals surface area contributed by atoms with E-state index in [-0.39, 0.29) is 5.91 Å². The van der Waals surface area contributed by atoms with E-state index in [9.17, 15) is 4.79 Å². The molecular weight excluding hydrogens is 348 g/mol. The van der Waals surface area contributed by atoms with Crippen LogP contribution in [0.15, 0.2) is 48.7 Å². The van der Waals surface area contributed by atoms with E-state index in [4.69, 9.17) is 0 Å². The topological polar surface area (TPSA) is 48.5 Å². The van der Waals surface area contributed by atoms with E-state index < -0.39 is 0 Å². The molecule has 28 heavy (non-hydrogen) atoms. The maximum absolute atomic E-state index is 12.6. The molecule has 0 aliphatic carbocycles. The van der Waals surface area contributed by atoms with Gasteiger partial charge in [0.05, 0.1) is 0 Å². The fourth-order valence-corrected chi connectivity index (χ4v) is 4.26. The lowest BCUT2D eigenvalue weighted by Crippen LogP contribution is -2.43. The molecule has 1 amide bonds. The van der Waals surface area contributed by atoms with Crippen LogP contribution in [0.25, 0.3) is 0 Å². The highest BCUT2D eigenvalue weighted by atomic mass is 16.2. The van der Waals surface area contributed by atoms with Gasteiger partial charge in [0.1, 0.15) is 5.82 Å². The van der Waals surface area contributed by atoms with Crippen molar-refractivity contribution in [2.24, 2.45) is 0 Å². The quantitative estimate of drug-likeness (QED) is 0.837. The van der Waals surface area contributed by atoms with Gasteiger partial charge in [-0.05, 0) is 56.3 Å². The zero-order chi connectivity index (χ0) is 19.2. The second kappa shape index (κ2) is 9.20. The van der Waals surface area contributed by atoms with Crippen LogP contribution in [0.5, 0.6) is 0 Å². The molecule has 5 nitrogen and oxygen atoms in total. The molecule has 5 heteroatoms. The van der Waals surface area contributed by atoms with Gasteiger partial charge >= 0.3 is 0 Å². The Labute approximate surface area is 167 Å². The van der Waals surface area contributed by atoms with Crippen LogP contribution in [-0.4, -0.2) is 59.5 Å². The highest BCUT2D eigenvalue weighted by molar-refractivity contribution is 5.95. The molecule has 148 valence electrons. The first kappa shape index (κ1) is 18.9. The number of hydrogen-bond acceptors (Lipinski definition) is 4. The Hall–Kier alpha value is -2.40. The summed E-state index contributed by atoms with van der Waals surface area (Å²) in [7, 11) is 0. The molecule has 2 fully saturated rings. The number of amides is 1. The molecule has 0 radical (unpaired) electrons. The maximum Gasteiger partial charge on any atom is 0.254 e. The van der Waals surface area contributed by atoms with Crippen molar-refractivity contribution in [3.8, 4) is 0 Å². The average molecular weight is 379 g/mol. The second-order valence-corrected chi connectivity index (χ2v) is 7.95. The van der Waals surface area contributed by atoms with Crippen LogP contribution in [-0.2, 0) is 6.42 Å². The van der Waals surface area contributed by atoms with Gasteiger partial charge in [-0.25, -0.2) is 4.98 Å². The predicted molar refractivity (Wildman–Crippen MR) is 113 cm³/mol. The van der Waals surface area contributed by atoms with Gasteiger partial charge in [-0.2, -0.15) is 0 Å². The summed E-state index contributed by atoms with van der Waals surface area (Å²) < 4.78 is 0. The number of nitrogens with one attached hydrogen (secondary N) is 1. The lowest BCUT2D eigenvalue weighted by Gasteiger charge is -2.33. The predicted octanol–water partition coefficient (Wildman–Crippen LogP) is 3.44. The van der Waals surface area contributed by atoms with Crippen molar-refractivity contribution in [2.45, 2.75) is 38.1 Å². The van der Waals surface area contributed by atoms with Crippen LogP contribution < -0.4 is 5.32 Å². The van der Waals surface area contributed by atoms with E-state index in [2.05, 4.69) is 45.5 Å². The Morgan fingerprint density at radius 3 is 2.71 bits per heavy atom. The summed E-state index contributed by atoms with van der Waals surface area (Å²) in [4.78, 5) is 21.6. The summed E-state index contributed by atoms with van der Waals surface area (Å²) in [6, 6.07) is 14.8. The summed E-state index contributed by atoms with van der Waals surface area (Å²) in [6.07, 6.45) is 7.41. The molecule has 0 saturated carbocycles. The van der Waals surface area contributed by atoms with Crippen LogP contribution >= 0.6 is 0 Å². The van der Waals surface area contributed by atoms with Gasteiger partial charge in [0, 0.05) is 44.0 Å². The molecule has 1 aromatic carbocycles. The lowest BCUT2D eigenvalue weighted by atomic mass is 10.0. The van der Waals surface area contributed by atoms with Crippen LogP contribution in [0.2, 0.25) is 0 Å². The molecule has 3 heterocycles. The third kappa shape index (κ3) is 4.90. The smallest absolute Gasteiger partial charge is 0.254 e. The first-order chi connectivity index (χ1) is 13.8. The molecular formula is C23H30N4O. The Morgan fingerprint density at radius 2 is 1.89 bits per heavy atom. The normalized spacial score (nSPS) is 20.3. The fourth-order valence-electron chi connectivity index (χ4n) is 4.26. The Kier molecular flexibility index (Phi) is 6.22. The number of rotatable bonds is 6. The fraction of sp³-hybridized carbons (Fsp3) is 0.478. The summed E-state index contributed by atoms with van der Waals surface area (Å²) in [5, 5.41) is 3.57. The summed E-state index contributed by atoms with van der Waals surface area (Å²) >= 11 is 0. The number of carbonyl (C=O) groups excluding carboxylic acids is 1. The monoisotopic (exact) mass is 378 g/mol. The first-order valence-corrected chi connectivity index (χ1v) is 10.6. The summed E-state index contributed by atoms with van der Waals surface area (Å²) in [5.41, 5.74) is 2.14. The zero-order valence-electron chi connectivity index (χ0n) is 16.5. The Morgan fingerprint density at radius 1 is 1.07 bits per heavy atom. The third-order valence-electron chi connectivity index (χ3n) is 5.82. The molecule has 1 atom stereocenters. The van der Waals surface area contributed by atoms with Gasteiger partial charge in [-0.3, -0.25) is 4.79 Å². The minimum absolute atomic E-state index is 0.135. The molecule has 2 aliphatic rings. The molecule has 2 saturated heterocycles. The number of carbonyl (C=O) groups is 1. The number of nitrogens with zero attached hydrogens (tertiary/aromatic N) is 3. The molecule has 2 aromatic rings. The number of aromatic nitrogens is 1. The number of hydrogen-bond donors (Lipinski definition) is 1. The largest absolute Gasteiger partial charge is 0.366 e. The molecule has 4 rings (SSSR count). The van der Waals surface area contributed by atoms with Gasteiger partial charge < -0.3 is 15.1 Å². The van der Waals surface area contributed by atoms with Crippen molar-refractivity contribution >= 4 is 11.7 Å². The Bertz CT molecular complexity index is 773. The van der Waals surface area contributed by atoms with Crippen molar-refractivity contribution < 1.29 is 4.79 Å². The van der Waals surface area contributed by atoms with Crippen molar-refractivity contribution in [3.63, 3.8) is 0 Å². The molecule has 0 bridgehead atoms. The number of likely N-dealkylation sites (tertiary alicyclic amines) is 2. The van der Waals surface area contributed by atoms with Crippen molar-refractivity contribution in [1.82, 2.24) is 14.8 Å². The number of anilines is 1. The summed E-state index contributed by atoms with van der Waals surface area (Å²) in [5.74, 6) is 0.955. The van der Waals surface area contributed by atoms with E-state index in [1.54, 1.807) is 6.20 Å². The number of piperidine rings is 1. The van der Waals surface area contributed by atoms with E-state index in [1.165, 1.54) is 12.0 Å². The van der Waals surface area contributed by atoms with Crippen molar-refractivity contribution in [1.29, 1.82) is 0 Å². The van der Waals surface area contributed by atoms with Gasteiger partial charge in [-0.15, -0.1) is 0 Å². The van der Waals surface area contributed by atoms with E-state index in [0.29, 0.717) is 6.04 Å². The number of benzene rings is 1. The number of pyridine rings is 1. The van der Waals surface area contributed by atoms with Crippen molar-refractivity contribution in [2.75, 3.05) is 38.0 Å². The maximum atomic E-state index is 12.6. The highest BCUT2D eigenvalue weighted by Crippen LogP contribution is 2.18. The minimum atomic E-state index is 0.135. The van der Waals surface area contributed by atoms with Gasteiger partial charge in [0.25, 0.3) is 5.91 Å². The molecule has 0 unspecified atom stereocenters. The average Bonchev–Trinajstić information content (AvgIpc) is 3.28. The second-order valence-electron chi connectivity index (χ2n) is 7.95. The third-order valence-corrected chi connectivity index (χ3v) is 5.82. The zero-order valence-corrected chi connectivity index (χ0v) is 16.5. The lowest BCUT2D eigenvalue weighted by molar-refractivity contribution is 0.0792. The SMILES string of the molecule is O=C(c1ccnc(N[C@@H]2CCCN(CCc3ccccc3)C2)c1)N1CCCC1. The molecule has 1 aromatic heterocycles. The summed E-state index contributed by atoms with van der Waals surface area (Å²) in [6.45, 7) is 5.03. The van der Waals surface area contributed by atoms with Crippen LogP contribution in [0.1, 0.15) is 41.6 Å². The van der Waals surface area contributed by atoms with Crippen LogP contribution in [0.3, 0.4) is 0 Å². The molecule has 2 aliphatic heterocycles. The van der Waals surface area contributed by atoms with E-state index in [0.717, 1.165) is 69.8 Å². The highest BCUT2D eigenvalue weighted by Gasteiger charge is 2.22. The minimum Gasteiger partial charge on any atom is -0.366 e. The van der Waals surface area contributed by atoms with E-state index in [1.807, 2.05) is 17.0 Å². The van der Waals surface area contributed by atoms with Gasteiger partial charge in [0.2, 0.25) is 0 Å². The molecule has 1 N–H and O–H groups in total. The Balaban J connectivity index is 1.32. The molecule has 0 spiro atoms. The first-order valence-electron chi connectivity index (χ1n) is 10.6. The van der Waals surface area contributed by atoms with Crippen LogP contribution in [0, 0.1) is 0 Å². The van der Waals surface area contributed by atoms with E-state index >= 15 is 0 Å². The van der Waals surface area contributed by atoms with Crippen LogP contribution in [0.4, 0.5) is 5.82 Å².